The summed E-state index contributed by atoms with van der Waals surface area (Å²) in [5.41, 5.74) is 1.16. The van der Waals surface area contributed by atoms with Gasteiger partial charge < -0.3 is 5.32 Å². The van der Waals surface area contributed by atoms with Gasteiger partial charge in [0.25, 0.3) is 11.8 Å². The number of carbonyl (C=O) groups is 2. The van der Waals surface area contributed by atoms with Crippen molar-refractivity contribution in [1.82, 2.24) is 29.9 Å². The summed E-state index contributed by atoms with van der Waals surface area (Å²) in [5, 5.41) is 11.6. The smallest absolute Gasteiger partial charge is 0.291 e. The number of hydrogen-bond donors (Lipinski definition) is 1. The largest absolute Gasteiger partial charge is 0.337 e. The quantitative estimate of drug-likeness (QED) is 0.713. The van der Waals surface area contributed by atoms with Gasteiger partial charge in [-0.3, -0.25) is 14.5 Å². The Hall–Kier alpha value is -3.49. The number of amides is 2. The van der Waals surface area contributed by atoms with Gasteiger partial charge in [-0.2, -0.15) is 5.10 Å². The lowest BCUT2D eigenvalue weighted by Crippen LogP contribution is -2.47. The molecule has 5 rings (SSSR count). The van der Waals surface area contributed by atoms with Gasteiger partial charge in [-0.15, -0.1) is 5.10 Å². The Balaban J connectivity index is 1.36. The minimum Gasteiger partial charge on any atom is -0.337 e. The third kappa shape index (κ3) is 3.16. The van der Waals surface area contributed by atoms with Crippen molar-refractivity contribution in [3.8, 4) is 0 Å². The van der Waals surface area contributed by atoms with Crippen LogP contribution in [0.3, 0.4) is 0 Å². The summed E-state index contributed by atoms with van der Waals surface area (Å²) in [6.45, 7) is 0.548. The number of carbonyl (C=O) groups excluding carboxylic acids is 2. The molecule has 0 aliphatic carbocycles. The van der Waals surface area contributed by atoms with E-state index in [0.29, 0.717) is 13.0 Å². The van der Waals surface area contributed by atoms with Crippen molar-refractivity contribution in [3.63, 3.8) is 0 Å². The summed E-state index contributed by atoms with van der Waals surface area (Å²) in [7, 11) is 1.69. The van der Waals surface area contributed by atoms with Crippen molar-refractivity contribution in [2.75, 3.05) is 11.9 Å². The van der Waals surface area contributed by atoms with Crippen LogP contribution in [0.15, 0.2) is 42.6 Å². The molecule has 9 heteroatoms. The Kier molecular flexibility index (Phi) is 4.57. The van der Waals surface area contributed by atoms with E-state index >= 15 is 0 Å². The number of nitrogens with one attached hydrogen (secondary N) is 1. The Bertz CT molecular complexity index is 1090. The molecule has 0 radical (unpaired) electrons. The first-order valence-corrected chi connectivity index (χ1v) is 10.2. The molecule has 2 aliphatic heterocycles. The van der Waals surface area contributed by atoms with Crippen LogP contribution in [0.4, 0.5) is 5.82 Å². The zero-order chi connectivity index (χ0) is 20.7. The number of aryl methyl sites for hydroxylation is 2. The molecule has 1 N–H and O–H groups in total. The summed E-state index contributed by atoms with van der Waals surface area (Å²) in [4.78, 5) is 31.8. The molecule has 0 saturated carbocycles. The molecular weight excluding hydrogens is 382 g/mol. The van der Waals surface area contributed by atoms with Gasteiger partial charge in [0.2, 0.25) is 5.82 Å². The fraction of sp³-hybridized carbons (Fsp3) is 0.381. The van der Waals surface area contributed by atoms with Crippen LogP contribution < -0.4 is 10.2 Å². The number of benzene rings is 1. The van der Waals surface area contributed by atoms with E-state index in [2.05, 4.69) is 32.6 Å². The van der Waals surface area contributed by atoms with Crippen LogP contribution in [-0.4, -0.2) is 49.4 Å². The zero-order valence-corrected chi connectivity index (χ0v) is 16.7. The molecular formula is C21H23N7O2. The molecule has 154 valence electrons. The van der Waals surface area contributed by atoms with Gasteiger partial charge in [0.15, 0.2) is 0 Å². The molecule has 1 aromatic carbocycles. The van der Waals surface area contributed by atoms with E-state index in [0.717, 1.165) is 36.5 Å². The van der Waals surface area contributed by atoms with Crippen LogP contribution >= 0.6 is 0 Å². The minimum atomic E-state index is -0.644. The molecule has 0 spiro atoms. The molecule has 2 aliphatic rings. The highest BCUT2D eigenvalue weighted by atomic mass is 16.2. The molecule has 0 fully saturated rings. The second-order valence-corrected chi connectivity index (χ2v) is 7.74. The predicted molar refractivity (Wildman–Crippen MR) is 109 cm³/mol. The highest BCUT2D eigenvalue weighted by Gasteiger charge is 2.32. The lowest BCUT2D eigenvalue weighted by atomic mass is 9.98. The summed E-state index contributed by atoms with van der Waals surface area (Å²) in [6, 6.07) is 11.4. The minimum absolute atomic E-state index is 0.0756. The summed E-state index contributed by atoms with van der Waals surface area (Å²) >= 11 is 0. The highest BCUT2D eigenvalue weighted by Crippen LogP contribution is 2.29. The number of nitrogens with zero attached hydrogens (tertiary/aromatic N) is 6. The van der Waals surface area contributed by atoms with Crippen LogP contribution in [0.25, 0.3) is 0 Å². The summed E-state index contributed by atoms with van der Waals surface area (Å²) in [5.74, 6) is 1.05. The van der Waals surface area contributed by atoms with E-state index in [9.17, 15) is 9.59 Å². The van der Waals surface area contributed by atoms with Crippen LogP contribution in [0.2, 0.25) is 0 Å². The molecule has 2 amide bonds. The fourth-order valence-corrected chi connectivity index (χ4v) is 4.29. The molecule has 0 bridgehead atoms. The standard InChI is InChI=1S/C21H23N7O2/c1-26-18-10-12-22-27(18)13-11-15(21(26)30)23-20(29)19-24-17-9-5-8-16(28(17)25-19)14-6-3-2-4-7-14/h2-4,6-7,10,12,15-16H,5,8-9,11,13H2,1H3,(H,23,29)/t15?,16-/m1/s1. The Morgan fingerprint density at radius 2 is 2.00 bits per heavy atom. The molecule has 9 nitrogen and oxygen atoms in total. The third-order valence-electron chi connectivity index (χ3n) is 5.86. The SMILES string of the molecule is CN1C(=O)C(NC(=O)c2nc3n(n2)[C@@H](c2ccccc2)CCC3)CCn2nccc21. The first kappa shape index (κ1) is 18.5. The van der Waals surface area contributed by atoms with Crippen LogP contribution in [0.5, 0.6) is 0 Å². The van der Waals surface area contributed by atoms with Crippen LogP contribution in [0.1, 0.15) is 47.3 Å². The average molecular weight is 405 g/mol. The van der Waals surface area contributed by atoms with Gasteiger partial charge in [-0.1, -0.05) is 30.3 Å². The molecule has 3 aromatic rings. The highest BCUT2D eigenvalue weighted by molar-refractivity contribution is 6.00. The number of anilines is 1. The molecule has 1 unspecified atom stereocenters. The van der Waals surface area contributed by atoms with Crippen molar-refractivity contribution in [2.45, 2.75) is 44.3 Å². The van der Waals surface area contributed by atoms with Gasteiger partial charge in [-0.05, 0) is 24.8 Å². The van der Waals surface area contributed by atoms with Gasteiger partial charge in [0.1, 0.15) is 17.7 Å². The zero-order valence-electron chi connectivity index (χ0n) is 16.7. The third-order valence-corrected chi connectivity index (χ3v) is 5.86. The monoisotopic (exact) mass is 405 g/mol. The maximum Gasteiger partial charge on any atom is 0.291 e. The summed E-state index contributed by atoms with van der Waals surface area (Å²) < 4.78 is 3.63. The normalized spacial score (nSPS) is 21.0. The van der Waals surface area contributed by atoms with Crippen LogP contribution in [0, 0.1) is 0 Å². The first-order valence-electron chi connectivity index (χ1n) is 10.2. The average Bonchev–Trinajstić information content (AvgIpc) is 3.40. The number of aromatic nitrogens is 5. The molecule has 4 heterocycles. The van der Waals surface area contributed by atoms with Crippen LogP contribution in [-0.2, 0) is 17.8 Å². The van der Waals surface area contributed by atoms with E-state index in [1.807, 2.05) is 22.9 Å². The van der Waals surface area contributed by atoms with E-state index in [-0.39, 0.29) is 17.8 Å². The maximum atomic E-state index is 12.9. The number of hydrogen-bond acceptors (Lipinski definition) is 5. The van der Waals surface area contributed by atoms with Gasteiger partial charge >= 0.3 is 0 Å². The lowest BCUT2D eigenvalue weighted by Gasteiger charge is -2.23. The van der Waals surface area contributed by atoms with E-state index in [1.165, 1.54) is 4.90 Å². The second kappa shape index (κ2) is 7.40. The Labute approximate surface area is 173 Å². The van der Waals surface area contributed by atoms with Crippen molar-refractivity contribution < 1.29 is 9.59 Å². The lowest BCUT2D eigenvalue weighted by molar-refractivity contribution is -0.120. The van der Waals surface area contributed by atoms with Crippen molar-refractivity contribution >= 4 is 17.6 Å². The Morgan fingerprint density at radius 3 is 2.83 bits per heavy atom. The van der Waals surface area contributed by atoms with Gasteiger partial charge in [0.05, 0.1) is 12.2 Å². The molecule has 2 atom stereocenters. The fourth-order valence-electron chi connectivity index (χ4n) is 4.29. The predicted octanol–water partition coefficient (Wildman–Crippen LogP) is 1.57. The second-order valence-electron chi connectivity index (χ2n) is 7.74. The number of likely N-dealkylation sites (N-methyl/N-ethyl adjacent to an activating group) is 1. The van der Waals surface area contributed by atoms with E-state index in [4.69, 9.17) is 0 Å². The Morgan fingerprint density at radius 1 is 1.17 bits per heavy atom. The maximum absolute atomic E-state index is 12.9. The molecule has 2 aromatic heterocycles. The topological polar surface area (TPSA) is 97.9 Å². The van der Waals surface area contributed by atoms with E-state index in [1.54, 1.807) is 24.0 Å². The summed E-state index contributed by atoms with van der Waals surface area (Å²) in [6.07, 6.45) is 4.87. The van der Waals surface area contributed by atoms with Crippen molar-refractivity contribution in [1.29, 1.82) is 0 Å². The number of fused-ring (bicyclic) bond motifs is 2. The first-order chi connectivity index (χ1) is 14.6. The van der Waals surface area contributed by atoms with Crippen molar-refractivity contribution in [3.05, 3.63) is 59.8 Å². The van der Waals surface area contributed by atoms with E-state index < -0.39 is 11.9 Å². The van der Waals surface area contributed by atoms with Gasteiger partial charge in [-0.25, -0.2) is 14.3 Å². The van der Waals surface area contributed by atoms with Gasteiger partial charge in [0, 0.05) is 26.1 Å². The number of rotatable bonds is 3. The molecule has 30 heavy (non-hydrogen) atoms. The molecule has 0 saturated heterocycles. The van der Waals surface area contributed by atoms with Crippen molar-refractivity contribution in [2.24, 2.45) is 0 Å².